The van der Waals surface area contributed by atoms with Crippen molar-refractivity contribution in [2.75, 3.05) is 45.2 Å². The maximum absolute atomic E-state index is 12.6. The third-order valence-electron chi connectivity index (χ3n) is 5.13. The molecule has 0 bridgehead atoms. The van der Waals surface area contributed by atoms with Gasteiger partial charge in [0, 0.05) is 32.6 Å². The van der Waals surface area contributed by atoms with E-state index in [2.05, 4.69) is 16.3 Å². The van der Waals surface area contributed by atoms with E-state index >= 15 is 0 Å². The molecule has 1 fully saturated rings. The highest BCUT2D eigenvalue weighted by molar-refractivity contribution is 7.14. The molecule has 1 aromatic carbocycles. The van der Waals surface area contributed by atoms with Crippen molar-refractivity contribution < 1.29 is 14.3 Å². The number of hydrogen-bond acceptors (Lipinski definition) is 6. The largest absolute Gasteiger partial charge is 0.497 e. The fourth-order valence-electron chi connectivity index (χ4n) is 3.44. The Morgan fingerprint density at radius 1 is 1.17 bits per heavy atom. The molecule has 158 valence electrons. The molecule has 7 nitrogen and oxygen atoms in total. The van der Waals surface area contributed by atoms with Gasteiger partial charge in [0.2, 0.25) is 11.8 Å². The standard InChI is InChI=1S/C22H26N4O3S/c1-29-19-6-3-17(4-7-19)5-8-21(28)26-11-2-10-25(12-13-26)16-20(27)24-22-18(15-23)9-14-30-22/h3-4,6-7,9,14H,2,5,8,10-13,16H2,1H3,(H,24,27). The third-order valence-corrected chi connectivity index (χ3v) is 5.96. The number of nitrogens with one attached hydrogen (secondary N) is 1. The number of benzene rings is 1. The molecule has 0 saturated carbocycles. The van der Waals surface area contributed by atoms with Crippen molar-refractivity contribution >= 4 is 28.2 Å². The van der Waals surface area contributed by atoms with Crippen molar-refractivity contribution in [2.24, 2.45) is 0 Å². The van der Waals surface area contributed by atoms with Crippen molar-refractivity contribution in [2.45, 2.75) is 19.3 Å². The van der Waals surface area contributed by atoms with Crippen LogP contribution in [0, 0.1) is 11.3 Å². The summed E-state index contributed by atoms with van der Waals surface area (Å²) in [6.07, 6.45) is 2.01. The number of anilines is 1. The van der Waals surface area contributed by atoms with Crippen LogP contribution in [0.5, 0.6) is 5.75 Å². The Morgan fingerprint density at radius 3 is 2.70 bits per heavy atom. The van der Waals surface area contributed by atoms with Crippen LogP contribution in [0.4, 0.5) is 5.00 Å². The molecular formula is C22H26N4O3S. The highest BCUT2D eigenvalue weighted by Crippen LogP contribution is 2.22. The number of thiophene rings is 1. The number of aryl methyl sites for hydroxylation is 1. The zero-order valence-electron chi connectivity index (χ0n) is 17.1. The van der Waals surface area contributed by atoms with Crippen LogP contribution in [-0.2, 0) is 16.0 Å². The molecule has 3 rings (SSSR count). The Kier molecular flexibility index (Phi) is 7.82. The monoisotopic (exact) mass is 426 g/mol. The summed E-state index contributed by atoms with van der Waals surface area (Å²) in [6, 6.07) is 11.6. The summed E-state index contributed by atoms with van der Waals surface area (Å²) in [5.41, 5.74) is 1.60. The number of rotatable bonds is 7. The van der Waals surface area contributed by atoms with Crippen LogP contribution in [0.25, 0.3) is 0 Å². The summed E-state index contributed by atoms with van der Waals surface area (Å²) >= 11 is 1.35. The summed E-state index contributed by atoms with van der Waals surface area (Å²) < 4.78 is 5.16. The van der Waals surface area contributed by atoms with Crippen molar-refractivity contribution in [1.82, 2.24) is 9.80 Å². The van der Waals surface area contributed by atoms with Crippen molar-refractivity contribution in [3.05, 3.63) is 46.8 Å². The van der Waals surface area contributed by atoms with Crippen LogP contribution in [0.3, 0.4) is 0 Å². The molecule has 8 heteroatoms. The molecule has 2 heterocycles. The lowest BCUT2D eigenvalue weighted by Gasteiger charge is -2.21. The number of amides is 2. The molecule has 0 aliphatic carbocycles. The SMILES string of the molecule is COc1ccc(CCC(=O)N2CCCN(CC(=O)Nc3sccc3C#N)CC2)cc1. The highest BCUT2D eigenvalue weighted by atomic mass is 32.1. The van der Waals surface area contributed by atoms with E-state index in [0.717, 1.165) is 24.3 Å². The van der Waals surface area contributed by atoms with E-state index in [0.29, 0.717) is 43.0 Å². The fourth-order valence-corrected chi connectivity index (χ4v) is 4.20. The van der Waals surface area contributed by atoms with Crippen LogP contribution in [0.15, 0.2) is 35.7 Å². The number of ether oxygens (including phenoxy) is 1. The van der Waals surface area contributed by atoms with Crippen LogP contribution in [0.2, 0.25) is 0 Å². The Hall–Kier alpha value is -2.89. The Morgan fingerprint density at radius 2 is 1.97 bits per heavy atom. The van der Waals surface area contributed by atoms with Gasteiger partial charge in [-0.3, -0.25) is 14.5 Å². The molecular weight excluding hydrogens is 400 g/mol. The fraction of sp³-hybridized carbons (Fsp3) is 0.409. The third kappa shape index (κ3) is 6.05. The molecule has 0 radical (unpaired) electrons. The van der Waals surface area contributed by atoms with Crippen LogP contribution in [0.1, 0.15) is 24.0 Å². The topological polar surface area (TPSA) is 85.7 Å². The van der Waals surface area contributed by atoms with E-state index in [1.165, 1.54) is 11.3 Å². The van der Waals surface area contributed by atoms with E-state index < -0.39 is 0 Å². The van der Waals surface area contributed by atoms with E-state index in [-0.39, 0.29) is 18.4 Å². The van der Waals surface area contributed by atoms with Gasteiger partial charge in [0.1, 0.15) is 16.8 Å². The first-order valence-electron chi connectivity index (χ1n) is 9.99. The number of carbonyl (C=O) groups excluding carboxylic acids is 2. The lowest BCUT2D eigenvalue weighted by molar-refractivity contribution is -0.131. The second-order valence-electron chi connectivity index (χ2n) is 7.18. The maximum Gasteiger partial charge on any atom is 0.239 e. The second-order valence-corrected chi connectivity index (χ2v) is 8.10. The molecule has 2 aromatic rings. The normalized spacial score (nSPS) is 14.6. The van der Waals surface area contributed by atoms with Gasteiger partial charge in [-0.15, -0.1) is 11.3 Å². The molecule has 2 amide bonds. The molecule has 0 unspecified atom stereocenters. The van der Waals surface area contributed by atoms with Gasteiger partial charge >= 0.3 is 0 Å². The predicted octanol–water partition coefficient (Wildman–Crippen LogP) is 2.73. The number of methoxy groups -OCH3 is 1. The Balaban J connectivity index is 1.44. The van der Waals surface area contributed by atoms with Crippen molar-refractivity contribution in [3.8, 4) is 11.8 Å². The summed E-state index contributed by atoms with van der Waals surface area (Å²) in [4.78, 5) is 28.9. The van der Waals surface area contributed by atoms with Crippen molar-refractivity contribution in [3.63, 3.8) is 0 Å². The van der Waals surface area contributed by atoms with Gasteiger partial charge in [0.05, 0.1) is 19.2 Å². The second kappa shape index (κ2) is 10.8. The summed E-state index contributed by atoms with van der Waals surface area (Å²) in [5.74, 6) is 0.826. The lowest BCUT2D eigenvalue weighted by atomic mass is 10.1. The quantitative estimate of drug-likeness (QED) is 0.736. The van der Waals surface area contributed by atoms with Gasteiger partial charge in [-0.1, -0.05) is 12.1 Å². The first-order valence-corrected chi connectivity index (χ1v) is 10.9. The minimum atomic E-state index is -0.131. The van der Waals surface area contributed by atoms with E-state index in [1.54, 1.807) is 18.6 Å². The predicted molar refractivity (Wildman–Crippen MR) is 117 cm³/mol. The molecule has 1 aliphatic heterocycles. The van der Waals surface area contributed by atoms with Crippen molar-refractivity contribution in [1.29, 1.82) is 5.26 Å². The van der Waals surface area contributed by atoms with E-state index in [1.807, 2.05) is 29.2 Å². The van der Waals surface area contributed by atoms with E-state index in [4.69, 9.17) is 10.00 Å². The molecule has 1 saturated heterocycles. The summed E-state index contributed by atoms with van der Waals surface area (Å²) in [5, 5.41) is 14.2. The maximum atomic E-state index is 12.6. The van der Waals surface area contributed by atoms with E-state index in [9.17, 15) is 9.59 Å². The van der Waals surface area contributed by atoms with Gasteiger partial charge in [0.25, 0.3) is 0 Å². The molecule has 0 spiro atoms. The number of hydrogen-bond donors (Lipinski definition) is 1. The van der Waals surface area contributed by atoms with Crippen LogP contribution >= 0.6 is 11.3 Å². The first-order chi connectivity index (χ1) is 14.6. The average Bonchev–Trinajstić information content (AvgIpc) is 3.08. The zero-order chi connectivity index (χ0) is 21.3. The highest BCUT2D eigenvalue weighted by Gasteiger charge is 2.21. The Bertz CT molecular complexity index is 904. The van der Waals surface area contributed by atoms with Gasteiger partial charge < -0.3 is 15.0 Å². The number of carbonyl (C=O) groups is 2. The minimum Gasteiger partial charge on any atom is -0.497 e. The average molecular weight is 427 g/mol. The van der Waals surface area contributed by atoms with Gasteiger partial charge in [0.15, 0.2) is 0 Å². The number of nitriles is 1. The van der Waals surface area contributed by atoms with Gasteiger partial charge in [-0.25, -0.2) is 0 Å². The van der Waals surface area contributed by atoms with Crippen LogP contribution < -0.4 is 10.1 Å². The zero-order valence-corrected chi connectivity index (χ0v) is 17.9. The molecule has 1 aromatic heterocycles. The summed E-state index contributed by atoms with van der Waals surface area (Å²) in [6.45, 7) is 3.03. The lowest BCUT2D eigenvalue weighted by Crippen LogP contribution is -2.38. The molecule has 1 aliphatic rings. The van der Waals surface area contributed by atoms with Gasteiger partial charge in [-0.2, -0.15) is 5.26 Å². The minimum absolute atomic E-state index is 0.131. The molecule has 0 atom stereocenters. The summed E-state index contributed by atoms with van der Waals surface area (Å²) in [7, 11) is 1.64. The molecule has 1 N–H and O–H groups in total. The van der Waals surface area contributed by atoms with Crippen LogP contribution in [-0.4, -0.2) is 61.4 Å². The first kappa shape index (κ1) is 21.8. The molecule has 30 heavy (non-hydrogen) atoms. The smallest absolute Gasteiger partial charge is 0.239 e. The van der Waals surface area contributed by atoms with Gasteiger partial charge in [-0.05, 0) is 42.0 Å². The Labute approximate surface area is 180 Å². The number of nitrogens with zero attached hydrogens (tertiary/aromatic N) is 3.